The van der Waals surface area contributed by atoms with Crippen molar-refractivity contribution in [3.8, 4) is 0 Å². The summed E-state index contributed by atoms with van der Waals surface area (Å²) in [5, 5.41) is 9.82. The number of carbonyl (C=O) groups excluding carboxylic acids is 3. The van der Waals surface area contributed by atoms with Crippen LogP contribution in [-0.2, 0) is 42.2 Å². The molecule has 0 aliphatic carbocycles. The molecule has 430 valence electrons. The molecule has 2 N–H and O–H groups in total. The van der Waals surface area contributed by atoms with Gasteiger partial charge in [0.2, 0.25) is 0 Å². The molecule has 0 aliphatic rings. The standard InChI is InChI=1S/C62H111O11P/c1-4-7-10-13-16-19-22-25-28-29-32-35-38-41-44-47-50-53-62(66)73-59(55-69-60(64)51-48-45-42-39-36-33-30-26-23-20-17-14-11-8-5-2)57-71-74(67,68)70-56-58(54-63)72-61(65)52-49-46-43-40-37-34-31-27-24-21-18-15-12-9-6-3/h8,11,17,20,26-27,30-31,36,39,58-59,63H,4-7,9-10,12-16,18-19,21-25,28-29,32-35,37-38,40-57H2,1-3H3,(H,67,68)/b11-8-,20-17-,30-26-,31-27-,39-36-. The van der Waals surface area contributed by atoms with Crippen LogP contribution in [-0.4, -0.2) is 66.5 Å². The van der Waals surface area contributed by atoms with Crippen LogP contribution in [0.3, 0.4) is 0 Å². The van der Waals surface area contributed by atoms with Gasteiger partial charge in [-0.25, -0.2) is 4.57 Å². The number of esters is 3. The van der Waals surface area contributed by atoms with E-state index in [0.717, 1.165) is 96.3 Å². The lowest BCUT2D eigenvalue weighted by molar-refractivity contribution is -0.161. The predicted octanol–water partition coefficient (Wildman–Crippen LogP) is 17.9. The second-order valence-electron chi connectivity index (χ2n) is 20.1. The lowest BCUT2D eigenvalue weighted by Crippen LogP contribution is -2.30. The van der Waals surface area contributed by atoms with E-state index in [-0.39, 0.29) is 25.9 Å². The number of allylic oxidation sites excluding steroid dienone is 10. The first-order valence-corrected chi connectivity index (χ1v) is 31.7. The molecule has 0 rings (SSSR count). The molecule has 0 heterocycles. The molecule has 0 radical (unpaired) electrons. The van der Waals surface area contributed by atoms with E-state index in [1.165, 1.54) is 122 Å². The Hall–Kier alpha value is -2.82. The fraction of sp³-hybridized carbons (Fsp3) is 0.790. The van der Waals surface area contributed by atoms with Crippen molar-refractivity contribution in [1.82, 2.24) is 0 Å². The lowest BCUT2D eigenvalue weighted by Gasteiger charge is -2.21. The van der Waals surface area contributed by atoms with Crippen molar-refractivity contribution < 1.29 is 52.2 Å². The number of aliphatic hydroxyl groups excluding tert-OH is 1. The number of phosphoric acid groups is 1. The number of phosphoric ester groups is 1. The summed E-state index contributed by atoms with van der Waals surface area (Å²) in [5.74, 6) is -1.51. The van der Waals surface area contributed by atoms with Gasteiger partial charge in [-0.3, -0.25) is 23.4 Å². The van der Waals surface area contributed by atoms with Crippen LogP contribution < -0.4 is 0 Å². The van der Waals surface area contributed by atoms with Gasteiger partial charge >= 0.3 is 25.7 Å². The van der Waals surface area contributed by atoms with Crippen molar-refractivity contribution in [2.24, 2.45) is 0 Å². The van der Waals surface area contributed by atoms with Gasteiger partial charge in [-0.15, -0.1) is 0 Å². The molecule has 0 spiro atoms. The Kier molecular flexibility index (Phi) is 54.2. The topological polar surface area (TPSA) is 155 Å². The van der Waals surface area contributed by atoms with Crippen molar-refractivity contribution in [3.63, 3.8) is 0 Å². The van der Waals surface area contributed by atoms with E-state index in [9.17, 15) is 28.9 Å². The van der Waals surface area contributed by atoms with Crippen LogP contribution in [0.1, 0.15) is 278 Å². The Balaban J connectivity index is 4.74. The molecule has 0 bridgehead atoms. The number of ether oxygens (including phenoxy) is 3. The number of unbranched alkanes of at least 4 members (excludes halogenated alkanes) is 29. The minimum Gasteiger partial charge on any atom is -0.462 e. The molecule has 74 heavy (non-hydrogen) atoms. The molecular weight excluding hydrogens is 952 g/mol. The van der Waals surface area contributed by atoms with Crippen molar-refractivity contribution in [2.45, 2.75) is 290 Å². The van der Waals surface area contributed by atoms with Gasteiger partial charge in [0.15, 0.2) is 6.10 Å². The number of carbonyl (C=O) groups is 3. The van der Waals surface area contributed by atoms with Gasteiger partial charge in [0.05, 0.1) is 19.8 Å². The zero-order valence-corrected chi connectivity index (χ0v) is 48.5. The second kappa shape index (κ2) is 56.4. The summed E-state index contributed by atoms with van der Waals surface area (Å²) >= 11 is 0. The van der Waals surface area contributed by atoms with E-state index in [4.69, 9.17) is 23.3 Å². The number of aliphatic hydroxyl groups is 1. The Morgan fingerprint density at radius 1 is 0.392 bits per heavy atom. The van der Waals surface area contributed by atoms with E-state index in [0.29, 0.717) is 19.3 Å². The summed E-state index contributed by atoms with van der Waals surface area (Å²) in [5.41, 5.74) is 0. The van der Waals surface area contributed by atoms with Gasteiger partial charge < -0.3 is 24.2 Å². The predicted molar refractivity (Wildman–Crippen MR) is 307 cm³/mol. The fourth-order valence-corrected chi connectivity index (χ4v) is 9.13. The molecule has 0 aromatic rings. The van der Waals surface area contributed by atoms with E-state index >= 15 is 0 Å². The number of hydrogen-bond acceptors (Lipinski definition) is 10. The minimum absolute atomic E-state index is 0.161. The zero-order valence-electron chi connectivity index (χ0n) is 47.6. The first-order chi connectivity index (χ1) is 36.2. The van der Waals surface area contributed by atoms with Crippen LogP contribution in [0, 0.1) is 0 Å². The third kappa shape index (κ3) is 54.0. The monoisotopic (exact) mass is 1060 g/mol. The van der Waals surface area contributed by atoms with E-state index in [2.05, 4.69) is 81.5 Å². The van der Waals surface area contributed by atoms with E-state index in [1.54, 1.807) is 0 Å². The van der Waals surface area contributed by atoms with Crippen LogP contribution >= 0.6 is 7.82 Å². The lowest BCUT2D eigenvalue weighted by atomic mass is 10.0. The van der Waals surface area contributed by atoms with Crippen LogP contribution in [0.5, 0.6) is 0 Å². The molecule has 12 heteroatoms. The average molecular weight is 1060 g/mol. The van der Waals surface area contributed by atoms with Crippen LogP contribution in [0.25, 0.3) is 0 Å². The first kappa shape index (κ1) is 71.2. The van der Waals surface area contributed by atoms with Crippen molar-refractivity contribution in [3.05, 3.63) is 60.8 Å². The zero-order chi connectivity index (χ0) is 54.1. The summed E-state index contributed by atoms with van der Waals surface area (Å²) in [6, 6.07) is 0. The highest BCUT2D eigenvalue weighted by atomic mass is 31.2. The maximum absolute atomic E-state index is 12.9. The molecule has 0 aromatic carbocycles. The normalized spacial score (nSPS) is 13.7. The third-order valence-corrected chi connectivity index (χ3v) is 13.9. The van der Waals surface area contributed by atoms with Crippen molar-refractivity contribution in [2.75, 3.05) is 26.4 Å². The molecular formula is C62H111O11P. The van der Waals surface area contributed by atoms with Crippen LogP contribution in [0.15, 0.2) is 60.8 Å². The van der Waals surface area contributed by atoms with Gasteiger partial charge in [0, 0.05) is 19.3 Å². The summed E-state index contributed by atoms with van der Waals surface area (Å²) < 4.78 is 39.5. The molecule has 0 fully saturated rings. The fourth-order valence-electron chi connectivity index (χ4n) is 8.34. The van der Waals surface area contributed by atoms with E-state index in [1.807, 2.05) is 0 Å². The highest BCUT2D eigenvalue weighted by molar-refractivity contribution is 7.47. The van der Waals surface area contributed by atoms with Crippen LogP contribution in [0.2, 0.25) is 0 Å². The van der Waals surface area contributed by atoms with Gasteiger partial charge in [-0.1, -0.05) is 236 Å². The van der Waals surface area contributed by atoms with Gasteiger partial charge in [0.1, 0.15) is 12.7 Å². The van der Waals surface area contributed by atoms with Crippen LogP contribution in [0.4, 0.5) is 0 Å². The molecule has 11 nitrogen and oxygen atoms in total. The molecule has 0 amide bonds. The summed E-state index contributed by atoms with van der Waals surface area (Å²) in [6.07, 6.45) is 61.8. The largest absolute Gasteiger partial charge is 0.472 e. The summed E-state index contributed by atoms with van der Waals surface area (Å²) in [4.78, 5) is 48.6. The molecule has 3 atom stereocenters. The quantitative estimate of drug-likeness (QED) is 0.0197. The maximum atomic E-state index is 12.9. The SMILES string of the molecule is CC/C=C\C/C=C\C/C=C\C/C=C\CCCCC(=O)OCC(COP(=O)(O)OCC(CO)OC(=O)CCCCCCC/C=C\CCCCCCCC)OC(=O)CCCCCCCCCCCCCCCCCCC. The maximum Gasteiger partial charge on any atom is 0.472 e. The molecule has 0 saturated heterocycles. The smallest absolute Gasteiger partial charge is 0.462 e. The molecule has 0 aromatic heterocycles. The Morgan fingerprint density at radius 3 is 1.12 bits per heavy atom. The van der Waals surface area contributed by atoms with Crippen molar-refractivity contribution >= 4 is 25.7 Å². The van der Waals surface area contributed by atoms with E-state index < -0.39 is 57.8 Å². The number of rotatable bonds is 56. The number of hydrogen-bond donors (Lipinski definition) is 2. The Labute approximate surface area is 453 Å². The molecule has 3 unspecified atom stereocenters. The van der Waals surface area contributed by atoms with Gasteiger partial charge in [-0.05, 0) is 83.5 Å². The van der Waals surface area contributed by atoms with Gasteiger partial charge in [0.25, 0.3) is 0 Å². The summed E-state index contributed by atoms with van der Waals surface area (Å²) in [6.45, 7) is 4.51. The molecule has 0 saturated carbocycles. The second-order valence-corrected chi connectivity index (χ2v) is 21.6. The first-order valence-electron chi connectivity index (χ1n) is 30.2. The average Bonchev–Trinajstić information content (AvgIpc) is 3.39. The summed E-state index contributed by atoms with van der Waals surface area (Å²) in [7, 11) is -4.76. The molecule has 0 aliphatic heterocycles. The Morgan fingerprint density at radius 2 is 0.703 bits per heavy atom. The highest BCUT2D eigenvalue weighted by Crippen LogP contribution is 2.43. The van der Waals surface area contributed by atoms with Gasteiger partial charge in [-0.2, -0.15) is 0 Å². The minimum atomic E-state index is -4.76. The Bertz CT molecular complexity index is 1470. The van der Waals surface area contributed by atoms with Crippen molar-refractivity contribution in [1.29, 1.82) is 0 Å². The highest BCUT2D eigenvalue weighted by Gasteiger charge is 2.28. The third-order valence-electron chi connectivity index (χ3n) is 12.9.